The summed E-state index contributed by atoms with van der Waals surface area (Å²) in [5.41, 5.74) is 14.8. The quantitative estimate of drug-likeness (QED) is 0.158. The fourth-order valence-corrected chi connectivity index (χ4v) is 9.81. The van der Waals surface area contributed by atoms with Crippen molar-refractivity contribution < 1.29 is 0 Å². The lowest BCUT2D eigenvalue weighted by molar-refractivity contribution is 1.06. The molecule has 10 heteroatoms. The molecule has 8 aromatic carbocycles. The summed E-state index contributed by atoms with van der Waals surface area (Å²) < 4.78 is 7.45. The van der Waals surface area contributed by atoms with E-state index in [-0.39, 0.29) is 0 Å². The number of fused-ring (bicyclic) bond motifs is 6. The SMILES string of the molecule is Brc1ccc(-c2nnc(-c3ccccn3)n2-c2ccccc2)cc1.c1ccc(-n2c(-c3ccc(-n4c5ccccc5c5ccccc54)cc3)nnc2-c2ccccn2)cc1.c1ccc2c(c1)Cc1ccccc1-2. The van der Waals surface area contributed by atoms with Crippen molar-refractivity contribution in [1.29, 1.82) is 0 Å². The topological polar surface area (TPSA) is 92.1 Å². The van der Waals surface area contributed by atoms with Gasteiger partial charge in [0.2, 0.25) is 0 Å². The monoisotopic (exact) mass is 1010 g/mol. The molecular formula is C63H44BrN9. The second-order valence-electron chi connectivity index (χ2n) is 17.4. The standard InChI is InChI=1S/C31H21N5.C19H13BrN4.C13H10/c1-2-10-23(11-3-1)36-30(33-34-31(36)27-14-8-9-21-32-27)22-17-19-24(20-18-22)35-28-15-6-4-12-25(28)26-13-5-7-16-29(26)35;20-15-11-9-14(10-12-15)18-22-23-19(17-8-4-5-13-21-17)24(18)16-6-2-1-3-7-16;1-3-7-12-10(5-1)9-11-6-2-4-8-13(11)12/h1-21H;1-13H;1-8H,9H2. The van der Waals surface area contributed by atoms with Crippen molar-refractivity contribution in [3.8, 4) is 74.0 Å². The molecule has 0 aliphatic heterocycles. The van der Waals surface area contributed by atoms with E-state index in [9.17, 15) is 0 Å². The third-order valence-electron chi connectivity index (χ3n) is 12.9. The van der Waals surface area contributed by atoms with E-state index >= 15 is 0 Å². The molecule has 13 aromatic rings. The van der Waals surface area contributed by atoms with Crippen molar-refractivity contribution in [2.75, 3.05) is 0 Å². The number of para-hydroxylation sites is 4. The molecule has 0 saturated carbocycles. The molecule has 0 unspecified atom stereocenters. The molecular weight excluding hydrogens is 963 g/mol. The number of nitrogens with zero attached hydrogens (tertiary/aromatic N) is 9. The fraction of sp³-hybridized carbons (Fsp3) is 0.0159. The highest BCUT2D eigenvalue weighted by Gasteiger charge is 2.21. The summed E-state index contributed by atoms with van der Waals surface area (Å²) in [6.45, 7) is 0. The van der Waals surface area contributed by atoms with Crippen molar-refractivity contribution in [2.45, 2.75) is 6.42 Å². The van der Waals surface area contributed by atoms with Crippen LogP contribution in [0.15, 0.2) is 260 Å². The third kappa shape index (κ3) is 8.92. The second-order valence-corrected chi connectivity index (χ2v) is 18.3. The molecule has 0 fully saturated rings. The summed E-state index contributed by atoms with van der Waals surface area (Å²) >= 11 is 3.47. The summed E-state index contributed by atoms with van der Waals surface area (Å²) in [7, 11) is 0. The molecule has 5 heterocycles. The molecule has 0 amide bonds. The smallest absolute Gasteiger partial charge is 0.187 e. The Kier molecular flexibility index (Phi) is 12.4. The van der Waals surface area contributed by atoms with Gasteiger partial charge in [-0.2, -0.15) is 0 Å². The lowest BCUT2D eigenvalue weighted by Crippen LogP contribution is -2.01. The van der Waals surface area contributed by atoms with Gasteiger partial charge in [-0.1, -0.05) is 162 Å². The molecule has 9 nitrogen and oxygen atoms in total. The Bertz CT molecular complexity index is 3890. The molecule has 1 aliphatic rings. The third-order valence-corrected chi connectivity index (χ3v) is 13.4. The zero-order valence-corrected chi connectivity index (χ0v) is 40.9. The molecule has 73 heavy (non-hydrogen) atoms. The number of benzene rings is 8. The van der Waals surface area contributed by atoms with E-state index in [2.05, 4.69) is 189 Å². The number of hydrogen-bond donors (Lipinski definition) is 0. The van der Waals surface area contributed by atoms with E-state index in [1.807, 2.05) is 114 Å². The Balaban J connectivity index is 0.000000125. The molecule has 0 atom stereocenters. The molecule has 0 spiro atoms. The van der Waals surface area contributed by atoms with Crippen LogP contribution in [0, 0.1) is 0 Å². The predicted octanol–water partition coefficient (Wildman–Crippen LogP) is 15.1. The van der Waals surface area contributed by atoms with Crippen molar-refractivity contribution in [1.82, 2.24) is 44.1 Å². The summed E-state index contributed by atoms with van der Waals surface area (Å²) in [5.74, 6) is 2.99. The zero-order valence-electron chi connectivity index (χ0n) is 39.4. The maximum Gasteiger partial charge on any atom is 0.187 e. The first-order chi connectivity index (χ1) is 36.2. The minimum atomic E-state index is 0.711. The summed E-state index contributed by atoms with van der Waals surface area (Å²) in [6.07, 6.45) is 4.64. The largest absolute Gasteiger partial charge is 0.309 e. The Labute approximate surface area is 430 Å². The van der Waals surface area contributed by atoms with Crippen LogP contribution in [0.1, 0.15) is 11.1 Å². The Morgan fingerprint density at radius 3 is 1.16 bits per heavy atom. The Morgan fingerprint density at radius 1 is 0.315 bits per heavy atom. The molecule has 1 aliphatic carbocycles. The second kappa shape index (κ2) is 20.2. The normalized spacial score (nSPS) is 11.3. The highest BCUT2D eigenvalue weighted by molar-refractivity contribution is 9.10. The Hall–Kier alpha value is -9.38. The first kappa shape index (κ1) is 44.8. The van der Waals surface area contributed by atoms with E-state index in [1.54, 1.807) is 12.4 Å². The van der Waals surface area contributed by atoms with Gasteiger partial charge in [0.25, 0.3) is 0 Å². The van der Waals surface area contributed by atoms with Gasteiger partial charge in [-0.3, -0.25) is 19.1 Å². The highest BCUT2D eigenvalue weighted by atomic mass is 79.9. The van der Waals surface area contributed by atoms with Gasteiger partial charge < -0.3 is 4.57 Å². The summed E-state index contributed by atoms with van der Waals surface area (Å²) in [4.78, 5) is 8.95. The van der Waals surface area contributed by atoms with Crippen LogP contribution in [0.4, 0.5) is 0 Å². The van der Waals surface area contributed by atoms with Gasteiger partial charge in [-0.05, 0) is 126 Å². The number of halogens is 1. The number of hydrogen-bond acceptors (Lipinski definition) is 6. The molecule has 0 saturated heterocycles. The maximum atomic E-state index is 4.60. The van der Waals surface area contributed by atoms with Gasteiger partial charge >= 0.3 is 0 Å². The lowest BCUT2D eigenvalue weighted by Gasteiger charge is -2.12. The number of rotatable bonds is 7. The molecule has 5 aromatic heterocycles. The fourth-order valence-electron chi connectivity index (χ4n) is 9.55. The van der Waals surface area contributed by atoms with Crippen molar-refractivity contribution in [3.05, 3.63) is 271 Å². The van der Waals surface area contributed by atoms with Crippen molar-refractivity contribution in [3.63, 3.8) is 0 Å². The van der Waals surface area contributed by atoms with E-state index < -0.39 is 0 Å². The van der Waals surface area contributed by atoms with E-state index in [0.717, 1.165) is 67.9 Å². The average molecular weight is 1010 g/mol. The van der Waals surface area contributed by atoms with Crippen LogP contribution in [0.3, 0.4) is 0 Å². The van der Waals surface area contributed by atoms with Gasteiger partial charge in [0.1, 0.15) is 11.4 Å². The number of pyridine rings is 2. The van der Waals surface area contributed by atoms with Crippen LogP contribution in [0.5, 0.6) is 0 Å². The first-order valence-corrected chi connectivity index (χ1v) is 24.8. The van der Waals surface area contributed by atoms with Crippen LogP contribution < -0.4 is 0 Å². The summed E-state index contributed by atoms with van der Waals surface area (Å²) in [5, 5.41) is 20.5. The molecule has 348 valence electrons. The minimum Gasteiger partial charge on any atom is -0.309 e. The maximum absolute atomic E-state index is 4.60. The number of aromatic nitrogens is 9. The van der Waals surface area contributed by atoms with Gasteiger partial charge in [-0.25, -0.2) is 0 Å². The predicted molar refractivity (Wildman–Crippen MR) is 297 cm³/mol. The first-order valence-electron chi connectivity index (χ1n) is 24.0. The van der Waals surface area contributed by atoms with Crippen LogP contribution in [-0.4, -0.2) is 44.1 Å². The van der Waals surface area contributed by atoms with Gasteiger partial charge in [0.15, 0.2) is 23.3 Å². The molecule has 0 bridgehead atoms. The van der Waals surface area contributed by atoms with E-state index in [0.29, 0.717) is 5.82 Å². The zero-order chi connectivity index (χ0) is 48.9. The van der Waals surface area contributed by atoms with E-state index in [1.165, 1.54) is 44.1 Å². The molecule has 0 radical (unpaired) electrons. The van der Waals surface area contributed by atoms with Crippen LogP contribution in [-0.2, 0) is 6.42 Å². The lowest BCUT2D eigenvalue weighted by atomic mass is 10.1. The van der Waals surface area contributed by atoms with Gasteiger partial charge in [0.05, 0.1) is 11.0 Å². The molecule has 14 rings (SSSR count). The van der Waals surface area contributed by atoms with Crippen molar-refractivity contribution in [2.24, 2.45) is 0 Å². The van der Waals surface area contributed by atoms with Gasteiger partial charge in [0, 0.05) is 55.8 Å². The summed E-state index contributed by atoms with van der Waals surface area (Å²) in [6, 6.07) is 82.8. The van der Waals surface area contributed by atoms with Crippen molar-refractivity contribution >= 4 is 37.7 Å². The Morgan fingerprint density at radius 2 is 0.699 bits per heavy atom. The van der Waals surface area contributed by atoms with Gasteiger partial charge in [-0.15, -0.1) is 20.4 Å². The average Bonchev–Trinajstić information content (AvgIpc) is 4.28. The highest BCUT2D eigenvalue weighted by Crippen LogP contribution is 2.37. The minimum absolute atomic E-state index is 0.711. The van der Waals surface area contributed by atoms with Crippen LogP contribution in [0.2, 0.25) is 0 Å². The van der Waals surface area contributed by atoms with Crippen LogP contribution >= 0.6 is 15.9 Å². The molecule has 0 N–H and O–H groups in total. The van der Waals surface area contributed by atoms with Crippen LogP contribution in [0.25, 0.3) is 95.8 Å². The van der Waals surface area contributed by atoms with E-state index in [4.69, 9.17) is 0 Å².